The Bertz CT molecular complexity index is 483. The third-order valence-electron chi connectivity index (χ3n) is 4.96. The summed E-state index contributed by atoms with van der Waals surface area (Å²) in [5, 5.41) is 0. The maximum absolute atomic E-state index is 5.29. The first kappa shape index (κ1) is 13.9. The predicted molar refractivity (Wildman–Crippen MR) is 82.5 cm³/mol. The van der Waals surface area contributed by atoms with Crippen LogP contribution in [0.3, 0.4) is 0 Å². The number of rotatable bonds is 4. The van der Waals surface area contributed by atoms with Crippen molar-refractivity contribution in [3.8, 4) is 0 Å². The van der Waals surface area contributed by atoms with E-state index in [4.69, 9.17) is 9.73 Å². The smallest absolute Gasteiger partial charge is 0.101 e. The molecule has 2 heterocycles. The Balaban J connectivity index is 2.00. The topological polar surface area (TPSA) is 26.5 Å². The van der Waals surface area contributed by atoms with Crippen LogP contribution >= 0.6 is 0 Å². The number of ether oxygens (including phenoxy) is 1. The molecule has 0 aromatic carbocycles. The summed E-state index contributed by atoms with van der Waals surface area (Å²) in [6.07, 6.45) is 10.7. The molecule has 0 bridgehead atoms. The maximum Gasteiger partial charge on any atom is 0.101 e. The number of fused-ring (bicyclic) bond motifs is 2. The molecule has 1 fully saturated rings. The molecule has 0 saturated heterocycles. The Morgan fingerprint density at radius 2 is 2.15 bits per heavy atom. The molecule has 1 unspecified atom stereocenters. The van der Waals surface area contributed by atoms with Gasteiger partial charge in [0.15, 0.2) is 0 Å². The zero-order chi connectivity index (χ0) is 14.0. The fourth-order valence-corrected chi connectivity index (χ4v) is 3.99. The van der Waals surface area contributed by atoms with Gasteiger partial charge < -0.3 is 9.30 Å². The van der Waals surface area contributed by atoms with Crippen molar-refractivity contribution < 1.29 is 4.74 Å². The number of methoxy groups -OCH3 is 1. The van der Waals surface area contributed by atoms with Crippen LogP contribution in [0.2, 0.25) is 0 Å². The van der Waals surface area contributed by atoms with E-state index in [9.17, 15) is 0 Å². The molecule has 20 heavy (non-hydrogen) atoms. The molecule has 1 aliphatic heterocycles. The van der Waals surface area contributed by atoms with Gasteiger partial charge in [0.2, 0.25) is 0 Å². The van der Waals surface area contributed by atoms with Crippen LogP contribution in [0.4, 0.5) is 0 Å². The van der Waals surface area contributed by atoms with Crippen molar-refractivity contribution in [1.29, 1.82) is 0 Å². The second-order valence-electron chi connectivity index (χ2n) is 6.16. The lowest BCUT2D eigenvalue weighted by molar-refractivity contribution is 0.204. The largest absolute Gasteiger partial charge is 0.384 e. The molecule has 1 atom stereocenters. The SMILES string of the molecule is CCC1C(CCOC)=NC2(CCCCC2)c2cccn21. The molecule has 3 rings (SSSR count). The van der Waals surface area contributed by atoms with E-state index in [1.165, 1.54) is 43.5 Å². The Morgan fingerprint density at radius 1 is 1.35 bits per heavy atom. The number of aromatic nitrogens is 1. The van der Waals surface area contributed by atoms with Crippen molar-refractivity contribution in [2.45, 2.75) is 63.5 Å². The van der Waals surface area contributed by atoms with E-state index < -0.39 is 0 Å². The van der Waals surface area contributed by atoms with Crippen molar-refractivity contribution in [2.24, 2.45) is 4.99 Å². The average Bonchev–Trinajstić information content (AvgIpc) is 2.97. The lowest BCUT2D eigenvalue weighted by Gasteiger charge is -2.41. The lowest BCUT2D eigenvalue weighted by atomic mass is 9.78. The fraction of sp³-hybridized carbons (Fsp3) is 0.706. The van der Waals surface area contributed by atoms with Crippen molar-refractivity contribution in [1.82, 2.24) is 4.57 Å². The van der Waals surface area contributed by atoms with Crippen molar-refractivity contribution in [3.05, 3.63) is 24.0 Å². The summed E-state index contributed by atoms with van der Waals surface area (Å²) in [6, 6.07) is 4.93. The van der Waals surface area contributed by atoms with Crippen LogP contribution in [-0.4, -0.2) is 24.0 Å². The van der Waals surface area contributed by atoms with E-state index in [0.29, 0.717) is 6.04 Å². The molecule has 3 heteroatoms. The zero-order valence-corrected chi connectivity index (χ0v) is 12.8. The highest BCUT2D eigenvalue weighted by atomic mass is 16.5. The van der Waals surface area contributed by atoms with Gasteiger partial charge in [0.25, 0.3) is 0 Å². The summed E-state index contributed by atoms with van der Waals surface area (Å²) in [5.41, 5.74) is 2.86. The van der Waals surface area contributed by atoms with Crippen molar-refractivity contribution in [3.63, 3.8) is 0 Å². The molecule has 0 radical (unpaired) electrons. The first-order valence-corrected chi connectivity index (χ1v) is 8.05. The van der Waals surface area contributed by atoms with Crippen LogP contribution in [-0.2, 0) is 10.3 Å². The van der Waals surface area contributed by atoms with Gasteiger partial charge in [-0.2, -0.15) is 0 Å². The molecular formula is C17H26N2O. The minimum absolute atomic E-state index is 0.0660. The maximum atomic E-state index is 5.29. The number of aliphatic imine (C=N–C) groups is 1. The molecule has 2 aliphatic rings. The lowest BCUT2D eigenvalue weighted by Crippen LogP contribution is -2.38. The summed E-state index contributed by atoms with van der Waals surface area (Å²) in [7, 11) is 1.78. The third kappa shape index (κ3) is 2.22. The minimum atomic E-state index is 0.0660. The van der Waals surface area contributed by atoms with E-state index in [1.807, 2.05) is 0 Å². The van der Waals surface area contributed by atoms with Crippen molar-refractivity contribution >= 4 is 5.71 Å². The van der Waals surface area contributed by atoms with Crippen LogP contribution in [0.5, 0.6) is 0 Å². The van der Waals surface area contributed by atoms with Crippen LogP contribution in [0.25, 0.3) is 0 Å². The molecule has 3 nitrogen and oxygen atoms in total. The highest BCUT2D eigenvalue weighted by Crippen LogP contribution is 2.45. The predicted octanol–water partition coefficient (Wildman–Crippen LogP) is 4.09. The molecule has 1 saturated carbocycles. The highest BCUT2D eigenvalue weighted by molar-refractivity contribution is 5.89. The van der Waals surface area contributed by atoms with Gasteiger partial charge in [-0.05, 0) is 31.4 Å². The second-order valence-corrected chi connectivity index (χ2v) is 6.16. The summed E-state index contributed by atoms with van der Waals surface area (Å²) in [5.74, 6) is 0. The fourth-order valence-electron chi connectivity index (χ4n) is 3.99. The van der Waals surface area contributed by atoms with Crippen LogP contribution < -0.4 is 0 Å². The number of hydrogen-bond donors (Lipinski definition) is 0. The van der Waals surface area contributed by atoms with Gasteiger partial charge in [0.05, 0.1) is 12.6 Å². The number of hydrogen-bond acceptors (Lipinski definition) is 2. The van der Waals surface area contributed by atoms with E-state index in [-0.39, 0.29) is 5.54 Å². The summed E-state index contributed by atoms with van der Waals surface area (Å²) >= 11 is 0. The van der Waals surface area contributed by atoms with Gasteiger partial charge in [-0.3, -0.25) is 4.99 Å². The van der Waals surface area contributed by atoms with Gasteiger partial charge in [0, 0.05) is 31.1 Å². The Morgan fingerprint density at radius 3 is 2.85 bits per heavy atom. The van der Waals surface area contributed by atoms with E-state index >= 15 is 0 Å². The molecule has 0 N–H and O–H groups in total. The van der Waals surface area contributed by atoms with Gasteiger partial charge in [-0.25, -0.2) is 0 Å². The Labute approximate surface area is 122 Å². The molecule has 1 aromatic heterocycles. The van der Waals surface area contributed by atoms with Crippen LogP contribution in [0.1, 0.15) is 63.6 Å². The first-order valence-electron chi connectivity index (χ1n) is 8.05. The second kappa shape index (κ2) is 5.72. The van der Waals surface area contributed by atoms with Gasteiger partial charge in [0.1, 0.15) is 5.54 Å². The summed E-state index contributed by atoms with van der Waals surface area (Å²) < 4.78 is 7.78. The first-order chi connectivity index (χ1) is 9.80. The minimum Gasteiger partial charge on any atom is -0.384 e. The molecular weight excluding hydrogens is 248 g/mol. The quantitative estimate of drug-likeness (QED) is 0.812. The van der Waals surface area contributed by atoms with Gasteiger partial charge in [-0.15, -0.1) is 0 Å². The summed E-state index contributed by atoms with van der Waals surface area (Å²) in [4.78, 5) is 5.29. The van der Waals surface area contributed by atoms with Gasteiger partial charge >= 0.3 is 0 Å². The number of nitrogens with zero attached hydrogens (tertiary/aromatic N) is 2. The Hall–Kier alpha value is -1.09. The average molecular weight is 274 g/mol. The highest BCUT2D eigenvalue weighted by Gasteiger charge is 2.40. The van der Waals surface area contributed by atoms with Gasteiger partial charge in [-0.1, -0.05) is 26.2 Å². The Kier molecular flexibility index (Phi) is 3.97. The van der Waals surface area contributed by atoms with E-state index in [0.717, 1.165) is 19.4 Å². The molecule has 1 aromatic rings. The van der Waals surface area contributed by atoms with E-state index in [1.54, 1.807) is 7.11 Å². The molecule has 1 aliphatic carbocycles. The molecule has 0 amide bonds. The van der Waals surface area contributed by atoms with Crippen LogP contribution in [0, 0.1) is 0 Å². The zero-order valence-electron chi connectivity index (χ0n) is 12.8. The monoisotopic (exact) mass is 274 g/mol. The normalized spacial score (nSPS) is 24.5. The standard InChI is InChI=1S/C17H26N2O/c1-3-15-14(9-13-20-2)18-17(10-5-4-6-11-17)16-8-7-12-19(15)16/h7-8,12,15H,3-6,9-11,13H2,1-2H3. The summed E-state index contributed by atoms with van der Waals surface area (Å²) in [6.45, 7) is 3.04. The molecule has 1 spiro atoms. The van der Waals surface area contributed by atoms with E-state index in [2.05, 4.69) is 29.8 Å². The van der Waals surface area contributed by atoms with Crippen LogP contribution in [0.15, 0.2) is 23.3 Å². The van der Waals surface area contributed by atoms with Crippen molar-refractivity contribution in [2.75, 3.05) is 13.7 Å². The molecule has 110 valence electrons. The third-order valence-corrected chi connectivity index (χ3v) is 4.96.